The van der Waals surface area contributed by atoms with E-state index in [1.165, 1.54) is 21.6 Å². The highest BCUT2D eigenvalue weighted by Gasteiger charge is 2.10. The summed E-state index contributed by atoms with van der Waals surface area (Å²) in [4.78, 5) is 26.1. The van der Waals surface area contributed by atoms with E-state index in [1.54, 1.807) is 0 Å². The molecule has 0 aromatic carbocycles. The molecule has 0 aliphatic rings. The number of oxazole rings is 2. The molecule has 8 nitrogen and oxygen atoms in total. The van der Waals surface area contributed by atoms with Crippen LogP contribution in [0.1, 0.15) is 11.4 Å². The Hall–Kier alpha value is -1.68. The Morgan fingerprint density at radius 3 is 1.56 bits per heavy atom. The van der Waals surface area contributed by atoms with Gasteiger partial charge in [0.2, 0.25) is 0 Å². The molecule has 0 saturated carbocycles. The molecule has 10 heteroatoms. The summed E-state index contributed by atoms with van der Waals surface area (Å²) in [6.07, 6.45) is 0. The van der Waals surface area contributed by atoms with Gasteiger partial charge in [0.25, 0.3) is 0 Å². The Labute approximate surface area is 107 Å². The van der Waals surface area contributed by atoms with Gasteiger partial charge in [-0.2, -0.15) is 0 Å². The molecule has 2 heterocycles. The summed E-state index contributed by atoms with van der Waals surface area (Å²) in [5.41, 5.74) is 0.560. The topological polar surface area (TPSA) is 132 Å². The molecule has 0 spiro atoms. The standard InChI is InChI=1S/C8H8N2O6S2/c11-5-3(9-7(13)15-5)1-17-18-2-4-6(12)16-8(14)10-4/h11-12H,1-2H2,(H,9,13)(H,10,14). The van der Waals surface area contributed by atoms with E-state index in [4.69, 9.17) is 0 Å². The molecule has 98 valence electrons. The molecule has 0 saturated heterocycles. The second-order valence-corrected chi connectivity index (χ2v) is 5.58. The van der Waals surface area contributed by atoms with E-state index in [1.807, 2.05) is 0 Å². The SMILES string of the molecule is O=c1[nH]c(CSSCc2[nH]c(=O)oc2O)c(O)o1. The molecule has 2 rings (SSSR count). The van der Waals surface area contributed by atoms with Gasteiger partial charge in [-0.15, -0.1) is 0 Å². The van der Waals surface area contributed by atoms with Crippen LogP contribution < -0.4 is 11.5 Å². The third-order valence-corrected chi connectivity index (χ3v) is 4.08. The van der Waals surface area contributed by atoms with Gasteiger partial charge < -0.3 is 19.0 Å². The van der Waals surface area contributed by atoms with E-state index in [9.17, 15) is 19.8 Å². The van der Waals surface area contributed by atoms with Crippen molar-refractivity contribution in [1.82, 2.24) is 9.97 Å². The zero-order valence-corrected chi connectivity index (χ0v) is 10.4. The molecule has 4 N–H and O–H groups in total. The Morgan fingerprint density at radius 2 is 1.28 bits per heavy atom. The molecule has 2 aromatic heterocycles. The van der Waals surface area contributed by atoms with Crippen LogP contribution in [0.4, 0.5) is 0 Å². The lowest BCUT2D eigenvalue weighted by atomic mass is 10.5. The molecule has 0 unspecified atom stereocenters. The monoisotopic (exact) mass is 292 g/mol. The Kier molecular flexibility index (Phi) is 3.77. The van der Waals surface area contributed by atoms with Crippen LogP contribution in [0.3, 0.4) is 0 Å². The highest BCUT2D eigenvalue weighted by molar-refractivity contribution is 8.76. The predicted molar refractivity (Wildman–Crippen MR) is 64.6 cm³/mol. The Morgan fingerprint density at radius 1 is 0.889 bits per heavy atom. The number of aromatic amines is 2. The average molecular weight is 292 g/mol. The second-order valence-electron chi connectivity index (χ2n) is 3.12. The Bertz CT molecular complexity index is 582. The lowest BCUT2D eigenvalue weighted by Crippen LogP contribution is -1.96. The highest BCUT2D eigenvalue weighted by atomic mass is 33.1. The third kappa shape index (κ3) is 2.96. The molecule has 18 heavy (non-hydrogen) atoms. The molecule has 0 bridgehead atoms. The smallest absolute Gasteiger partial charge is 0.419 e. The van der Waals surface area contributed by atoms with Crippen LogP contribution in [-0.2, 0) is 11.5 Å². The molecule has 0 atom stereocenters. The van der Waals surface area contributed by atoms with Crippen LogP contribution in [0.25, 0.3) is 0 Å². The summed E-state index contributed by atoms with van der Waals surface area (Å²) >= 11 is 0. The van der Waals surface area contributed by atoms with Crippen molar-refractivity contribution in [2.45, 2.75) is 11.5 Å². The fourth-order valence-corrected chi connectivity index (χ4v) is 3.10. The van der Waals surface area contributed by atoms with E-state index in [-0.39, 0.29) is 11.4 Å². The summed E-state index contributed by atoms with van der Waals surface area (Å²) < 4.78 is 8.74. The molecular weight excluding hydrogens is 284 g/mol. The summed E-state index contributed by atoms with van der Waals surface area (Å²) in [5, 5.41) is 18.3. The van der Waals surface area contributed by atoms with Gasteiger partial charge in [0.1, 0.15) is 11.4 Å². The first-order chi connectivity index (χ1) is 8.56. The molecular formula is C8H8N2O6S2. The van der Waals surface area contributed by atoms with Gasteiger partial charge in [-0.1, -0.05) is 21.6 Å². The maximum absolute atomic E-state index is 10.7. The number of aromatic nitrogens is 2. The average Bonchev–Trinajstić information content (AvgIpc) is 2.77. The number of hydrogen-bond donors (Lipinski definition) is 4. The minimum Gasteiger partial charge on any atom is -0.479 e. The summed E-state index contributed by atoms with van der Waals surface area (Å²) in [7, 11) is 2.60. The van der Waals surface area contributed by atoms with Gasteiger partial charge >= 0.3 is 23.4 Å². The van der Waals surface area contributed by atoms with Gasteiger partial charge in [0, 0.05) is 0 Å². The quantitative estimate of drug-likeness (QED) is 0.468. The first-order valence-corrected chi connectivity index (χ1v) is 7.11. The van der Waals surface area contributed by atoms with Crippen molar-refractivity contribution in [3.63, 3.8) is 0 Å². The first kappa shape index (κ1) is 12.8. The van der Waals surface area contributed by atoms with Crippen LogP contribution in [0.5, 0.6) is 11.9 Å². The number of hydrogen-bond acceptors (Lipinski definition) is 8. The molecule has 0 aliphatic carbocycles. The predicted octanol–water partition coefficient (Wildman–Crippen LogP) is 0.742. The van der Waals surface area contributed by atoms with Gasteiger partial charge in [0.05, 0.1) is 11.5 Å². The number of rotatable bonds is 5. The van der Waals surface area contributed by atoms with Crippen molar-refractivity contribution in [2.24, 2.45) is 0 Å². The van der Waals surface area contributed by atoms with Crippen molar-refractivity contribution in [1.29, 1.82) is 0 Å². The van der Waals surface area contributed by atoms with Crippen LogP contribution in [-0.4, -0.2) is 20.2 Å². The maximum atomic E-state index is 10.7. The zero-order chi connectivity index (χ0) is 13.1. The molecule has 0 fully saturated rings. The van der Waals surface area contributed by atoms with Gasteiger partial charge in [0.15, 0.2) is 0 Å². The zero-order valence-electron chi connectivity index (χ0n) is 8.76. The van der Waals surface area contributed by atoms with E-state index < -0.39 is 23.4 Å². The Balaban J connectivity index is 1.83. The van der Waals surface area contributed by atoms with Gasteiger partial charge in [-0.05, 0) is 0 Å². The van der Waals surface area contributed by atoms with Crippen molar-refractivity contribution in [3.8, 4) is 11.9 Å². The lowest BCUT2D eigenvalue weighted by Gasteiger charge is -1.97. The van der Waals surface area contributed by atoms with Crippen molar-refractivity contribution in [2.75, 3.05) is 0 Å². The van der Waals surface area contributed by atoms with E-state index in [0.717, 1.165) is 0 Å². The summed E-state index contributed by atoms with van der Waals surface area (Å²) in [6, 6.07) is 0. The fourth-order valence-electron chi connectivity index (χ4n) is 1.10. The van der Waals surface area contributed by atoms with Crippen LogP contribution >= 0.6 is 21.6 Å². The summed E-state index contributed by atoms with van der Waals surface area (Å²) in [5.74, 6) is -1.69. The maximum Gasteiger partial charge on any atom is 0.419 e. The summed E-state index contributed by atoms with van der Waals surface area (Å²) in [6.45, 7) is 0. The number of H-pyrrole nitrogens is 2. The normalized spacial score (nSPS) is 10.9. The fraction of sp³-hybridized carbons (Fsp3) is 0.250. The minimum absolute atomic E-state index is 0.280. The molecule has 0 radical (unpaired) electrons. The highest BCUT2D eigenvalue weighted by Crippen LogP contribution is 2.32. The number of aromatic hydroxyl groups is 2. The number of nitrogens with one attached hydrogen (secondary N) is 2. The van der Waals surface area contributed by atoms with Crippen LogP contribution in [0.2, 0.25) is 0 Å². The molecule has 2 aromatic rings. The first-order valence-electron chi connectivity index (χ1n) is 4.62. The lowest BCUT2D eigenvalue weighted by molar-refractivity contribution is 0.316. The van der Waals surface area contributed by atoms with Crippen molar-refractivity contribution in [3.05, 3.63) is 32.5 Å². The van der Waals surface area contributed by atoms with Gasteiger partial charge in [-0.25, -0.2) is 9.59 Å². The van der Waals surface area contributed by atoms with Crippen molar-refractivity contribution < 1.29 is 19.0 Å². The molecule has 0 amide bonds. The van der Waals surface area contributed by atoms with E-state index in [0.29, 0.717) is 11.5 Å². The molecule has 0 aliphatic heterocycles. The van der Waals surface area contributed by atoms with Crippen molar-refractivity contribution >= 4 is 21.6 Å². The van der Waals surface area contributed by atoms with E-state index in [2.05, 4.69) is 18.8 Å². The van der Waals surface area contributed by atoms with E-state index >= 15 is 0 Å². The van der Waals surface area contributed by atoms with Gasteiger partial charge in [-0.3, -0.25) is 9.97 Å². The van der Waals surface area contributed by atoms with Crippen LogP contribution in [0, 0.1) is 0 Å². The largest absolute Gasteiger partial charge is 0.479 e. The van der Waals surface area contributed by atoms with Crippen LogP contribution in [0.15, 0.2) is 18.4 Å². The second kappa shape index (κ2) is 5.31. The minimum atomic E-state index is -0.718. The third-order valence-electron chi connectivity index (χ3n) is 1.89.